The van der Waals surface area contributed by atoms with Crippen LogP contribution in [-0.4, -0.2) is 26.7 Å². The molecule has 0 radical (unpaired) electrons. The number of aromatic nitrogens is 2. The average Bonchev–Trinajstić information content (AvgIpc) is 2.85. The number of pyridine rings is 1. The van der Waals surface area contributed by atoms with Gasteiger partial charge in [0.25, 0.3) is 0 Å². The van der Waals surface area contributed by atoms with Gasteiger partial charge in [0.15, 0.2) is 5.69 Å². The predicted octanol–water partition coefficient (Wildman–Crippen LogP) is 4.28. The fourth-order valence-electron chi connectivity index (χ4n) is 3.56. The van der Waals surface area contributed by atoms with Crippen LogP contribution in [0.3, 0.4) is 0 Å². The Labute approximate surface area is 144 Å². The van der Waals surface area contributed by atoms with Crippen molar-refractivity contribution in [2.24, 2.45) is 5.92 Å². The van der Waals surface area contributed by atoms with Crippen molar-refractivity contribution in [1.82, 2.24) is 14.3 Å². The zero-order chi connectivity index (χ0) is 18.0. The summed E-state index contributed by atoms with van der Waals surface area (Å²) >= 11 is 0. The molecular formula is C18H22F3N3O. The number of carbonyl (C=O) groups excluding carboxylic acids is 1. The normalized spacial score (nSPS) is 19.4. The first-order valence-corrected chi connectivity index (χ1v) is 8.71. The van der Waals surface area contributed by atoms with E-state index in [9.17, 15) is 18.0 Å². The first-order valence-electron chi connectivity index (χ1n) is 8.71. The zero-order valence-electron chi connectivity index (χ0n) is 14.2. The molecule has 0 spiro atoms. The molecule has 0 N–H and O–H groups in total. The van der Waals surface area contributed by atoms with Crippen LogP contribution in [0, 0.1) is 5.92 Å². The molecule has 1 unspecified atom stereocenters. The number of hydrogen-bond acceptors (Lipinski definition) is 2. The highest BCUT2D eigenvalue weighted by Gasteiger charge is 2.38. The number of nitrogens with zero attached hydrogens (tertiary/aromatic N) is 3. The highest BCUT2D eigenvalue weighted by atomic mass is 19.4. The van der Waals surface area contributed by atoms with Crippen molar-refractivity contribution in [1.29, 1.82) is 0 Å². The Hall–Kier alpha value is -2.05. The van der Waals surface area contributed by atoms with Gasteiger partial charge in [-0.2, -0.15) is 13.2 Å². The van der Waals surface area contributed by atoms with Crippen LogP contribution in [0.5, 0.6) is 0 Å². The molecule has 1 aliphatic rings. The van der Waals surface area contributed by atoms with Crippen LogP contribution in [0.25, 0.3) is 5.65 Å². The molecule has 3 rings (SSSR count). The molecule has 2 aromatic rings. The number of halogens is 3. The van der Waals surface area contributed by atoms with E-state index < -0.39 is 11.9 Å². The monoisotopic (exact) mass is 353 g/mol. The van der Waals surface area contributed by atoms with Crippen LogP contribution >= 0.6 is 0 Å². The molecule has 7 heteroatoms. The lowest BCUT2D eigenvalue weighted by Gasteiger charge is -2.21. The third-order valence-corrected chi connectivity index (χ3v) is 4.86. The van der Waals surface area contributed by atoms with Crippen molar-refractivity contribution < 1.29 is 18.0 Å². The summed E-state index contributed by atoms with van der Waals surface area (Å²) in [5.74, 6) is 0.404. The van der Waals surface area contributed by atoms with Crippen LogP contribution in [0.15, 0.2) is 24.4 Å². The predicted molar refractivity (Wildman–Crippen MR) is 87.9 cm³/mol. The Bertz CT molecular complexity index is 754. The Morgan fingerprint density at radius 2 is 2.08 bits per heavy atom. The molecule has 2 aromatic heterocycles. The molecule has 1 amide bonds. The molecular weight excluding hydrogens is 331 g/mol. The summed E-state index contributed by atoms with van der Waals surface area (Å²) < 4.78 is 41.6. The van der Waals surface area contributed by atoms with Crippen molar-refractivity contribution in [3.63, 3.8) is 0 Å². The van der Waals surface area contributed by atoms with E-state index in [1.165, 1.54) is 4.40 Å². The number of rotatable bonds is 4. The van der Waals surface area contributed by atoms with E-state index in [1.807, 2.05) is 0 Å². The maximum Gasteiger partial charge on any atom is 0.435 e. The van der Waals surface area contributed by atoms with Crippen LogP contribution < -0.4 is 0 Å². The molecule has 0 saturated carbocycles. The lowest BCUT2D eigenvalue weighted by atomic mass is 9.96. The van der Waals surface area contributed by atoms with Gasteiger partial charge in [-0.1, -0.05) is 25.8 Å². The SMILES string of the molecule is CCCC1CCC(=O)N(Cc2c(C(F)(F)F)nc3ccccn23)CC1. The highest BCUT2D eigenvalue weighted by molar-refractivity contribution is 5.76. The van der Waals surface area contributed by atoms with E-state index >= 15 is 0 Å². The van der Waals surface area contributed by atoms with E-state index in [0.29, 0.717) is 18.9 Å². The van der Waals surface area contributed by atoms with Crippen molar-refractivity contribution in [3.8, 4) is 0 Å². The van der Waals surface area contributed by atoms with Crippen molar-refractivity contribution >= 4 is 11.6 Å². The molecule has 1 atom stereocenters. The van der Waals surface area contributed by atoms with Gasteiger partial charge in [-0.3, -0.25) is 4.79 Å². The van der Waals surface area contributed by atoms with Gasteiger partial charge in [0, 0.05) is 19.2 Å². The topological polar surface area (TPSA) is 37.6 Å². The largest absolute Gasteiger partial charge is 0.435 e. The molecule has 136 valence electrons. The molecule has 1 aliphatic heterocycles. The molecule has 3 heterocycles. The van der Waals surface area contributed by atoms with Crippen LogP contribution in [0.4, 0.5) is 13.2 Å². The van der Waals surface area contributed by atoms with Gasteiger partial charge in [0.2, 0.25) is 5.91 Å². The van der Waals surface area contributed by atoms with Gasteiger partial charge in [0.05, 0.1) is 12.2 Å². The van der Waals surface area contributed by atoms with Crippen molar-refractivity contribution in [2.45, 2.75) is 51.7 Å². The van der Waals surface area contributed by atoms with E-state index in [-0.39, 0.29) is 23.8 Å². The lowest BCUT2D eigenvalue weighted by molar-refractivity contribution is -0.142. The van der Waals surface area contributed by atoms with Crippen molar-refractivity contribution in [3.05, 3.63) is 35.8 Å². The van der Waals surface area contributed by atoms with Crippen LogP contribution in [0.2, 0.25) is 0 Å². The summed E-state index contributed by atoms with van der Waals surface area (Å²) in [7, 11) is 0. The summed E-state index contributed by atoms with van der Waals surface area (Å²) in [5, 5.41) is 0. The van der Waals surface area contributed by atoms with E-state index in [0.717, 1.165) is 25.7 Å². The van der Waals surface area contributed by atoms with Gasteiger partial charge in [-0.15, -0.1) is 0 Å². The smallest absolute Gasteiger partial charge is 0.337 e. The number of amides is 1. The fraction of sp³-hybridized carbons (Fsp3) is 0.556. The molecule has 4 nitrogen and oxygen atoms in total. The zero-order valence-corrected chi connectivity index (χ0v) is 14.2. The minimum absolute atomic E-state index is 0.0328. The second kappa shape index (κ2) is 7.06. The fourth-order valence-corrected chi connectivity index (χ4v) is 3.56. The Kier molecular flexibility index (Phi) is 5.01. The summed E-state index contributed by atoms with van der Waals surface area (Å²) in [6.45, 7) is 2.55. The molecule has 25 heavy (non-hydrogen) atoms. The standard InChI is InChI=1S/C18H22F3N3O/c1-2-5-13-7-8-16(25)23(11-9-13)12-14-17(18(19,20)21)22-15-6-3-4-10-24(14)15/h3-4,6,10,13H,2,5,7-9,11-12H2,1H3. The Balaban J connectivity index is 1.90. The summed E-state index contributed by atoms with van der Waals surface area (Å²) in [6, 6.07) is 4.86. The lowest BCUT2D eigenvalue weighted by Crippen LogP contribution is -2.31. The number of imidazole rings is 1. The maximum absolute atomic E-state index is 13.4. The van der Waals surface area contributed by atoms with Gasteiger partial charge in [-0.05, 0) is 30.9 Å². The quantitative estimate of drug-likeness (QED) is 0.823. The van der Waals surface area contributed by atoms with Gasteiger partial charge in [0.1, 0.15) is 5.65 Å². The molecule has 0 aliphatic carbocycles. The van der Waals surface area contributed by atoms with Crippen molar-refractivity contribution in [2.75, 3.05) is 6.54 Å². The van der Waals surface area contributed by atoms with E-state index in [4.69, 9.17) is 0 Å². The summed E-state index contributed by atoms with van der Waals surface area (Å²) in [5.41, 5.74) is -0.623. The average molecular weight is 353 g/mol. The minimum atomic E-state index is -4.54. The maximum atomic E-state index is 13.4. The second-order valence-corrected chi connectivity index (χ2v) is 6.63. The second-order valence-electron chi connectivity index (χ2n) is 6.63. The third kappa shape index (κ3) is 3.80. The molecule has 0 aromatic carbocycles. The first kappa shape index (κ1) is 17.8. The third-order valence-electron chi connectivity index (χ3n) is 4.86. The van der Waals surface area contributed by atoms with Crippen LogP contribution in [0.1, 0.15) is 50.4 Å². The Morgan fingerprint density at radius 1 is 1.28 bits per heavy atom. The number of fused-ring (bicyclic) bond motifs is 1. The first-order chi connectivity index (χ1) is 11.9. The molecule has 1 fully saturated rings. The summed E-state index contributed by atoms with van der Waals surface area (Å²) in [6.07, 6.45) is 1.22. The van der Waals surface area contributed by atoms with Crippen LogP contribution in [-0.2, 0) is 17.5 Å². The minimum Gasteiger partial charge on any atom is -0.337 e. The number of alkyl halides is 3. The van der Waals surface area contributed by atoms with E-state index in [2.05, 4.69) is 11.9 Å². The van der Waals surface area contributed by atoms with E-state index in [1.54, 1.807) is 29.3 Å². The van der Waals surface area contributed by atoms with Gasteiger partial charge >= 0.3 is 6.18 Å². The molecule has 1 saturated heterocycles. The number of carbonyl (C=O) groups is 1. The Morgan fingerprint density at radius 3 is 2.80 bits per heavy atom. The van der Waals surface area contributed by atoms with Gasteiger partial charge in [-0.25, -0.2) is 4.98 Å². The molecule has 0 bridgehead atoms. The number of likely N-dealkylation sites (tertiary alicyclic amines) is 1. The summed E-state index contributed by atoms with van der Waals surface area (Å²) in [4.78, 5) is 17.7. The van der Waals surface area contributed by atoms with Gasteiger partial charge < -0.3 is 9.30 Å². The number of hydrogen-bond donors (Lipinski definition) is 0. The highest BCUT2D eigenvalue weighted by Crippen LogP contribution is 2.33.